The Morgan fingerprint density at radius 2 is 1.97 bits per heavy atom. The second-order valence-electron chi connectivity index (χ2n) is 8.81. The Hall–Kier alpha value is -3.56. The van der Waals surface area contributed by atoms with E-state index in [1.807, 2.05) is 4.90 Å². The summed E-state index contributed by atoms with van der Waals surface area (Å²) in [7, 11) is 1.78. The number of piperidine rings is 1. The van der Waals surface area contributed by atoms with Gasteiger partial charge in [0.15, 0.2) is 5.76 Å². The highest BCUT2D eigenvalue weighted by Crippen LogP contribution is 2.50. The number of hydrogen-bond acceptors (Lipinski definition) is 6. The van der Waals surface area contributed by atoms with Crippen LogP contribution in [-0.2, 0) is 9.53 Å². The van der Waals surface area contributed by atoms with Crippen LogP contribution in [0.25, 0.3) is 0 Å². The fourth-order valence-electron chi connectivity index (χ4n) is 4.99. The molecule has 3 fully saturated rings. The molecule has 1 saturated carbocycles. The Morgan fingerprint density at radius 3 is 2.61 bits per heavy atom. The number of nitrogens with one attached hydrogen (secondary N) is 1. The predicted octanol–water partition coefficient (Wildman–Crippen LogP) is 2.09. The van der Waals surface area contributed by atoms with Crippen molar-refractivity contribution in [1.82, 2.24) is 10.2 Å². The fourth-order valence-corrected chi connectivity index (χ4v) is 4.99. The van der Waals surface area contributed by atoms with E-state index in [1.165, 1.54) is 24.2 Å². The van der Waals surface area contributed by atoms with Crippen molar-refractivity contribution in [1.29, 1.82) is 0 Å². The van der Waals surface area contributed by atoms with Gasteiger partial charge in [0.05, 0.1) is 30.7 Å². The summed E-state index contributed by atoms with van der Waals surface area (Å²) in [6, 6.07) is 8.18. The van der Waals surface area contributed by atoms with E-state index in [2.05, 4.69) is 5.32 Å². The van der Waals surface area contributed by atoms with Crippen LogP contribution < -0.4 is 15.1 Å². The van der Waals surface area contributed by atoms with Gasteiger partial charge in [0.25, 0.3) is 5.91 Å². The van der Waals surface area contributed by atoms with Crippen LogP contribution in [0.5, 0.6) is 0 Å². The first kappa shape index (κ1) is 21.3. The number of hydrogen-bond donors (Lipinski definition) is 1. The van der Waals surface area contributed by atoms with Crippen LogP contribution in [-0.4, -0.2) is 68.2 Å². The van der Waals surface area contributed by atoms with Gasteiger partial charge in [-0.2, -0.15) is 0 Å². The summed E-state index contributed by atoms with van der Waals surface area (Å²) >= 11 is 0. The van der Waals surface area contributed by atoms with Gasteiger partial charge >= 0.3 is 6.09 Å². The molecule has 0 bridgehead atoms. The number of cyclic esters (lactones) is 1. The third kappa shape index (κ3) is 3.90. The van der Waals surface area contributed by atoms with Crippen LogP contribution in [0, 0.1) is 17.7 Å². The summed E-state index contributed by atoms with van der Waals surface area (Å²) in [6.45, 7) is 3.16. The molecule has 1 aromatic heterocycles. The number of amides is 3. The third-order valence-corrected chi connectivity index (χ3v) is 6.68. The van der Waals surface area contributed by atoms with Gasteiger partial charge in [-0.3, -0.25) is 14.5 Å². The van der Waals surface area contributed by atoms with Gasteiger partial charge in [0.1, 0.15) is 11.9 Å². The van der Waals surface area contributed by atoms with Crippen molar-refractivity contribution in [2.45, 2.75) is 19.1 Å². The van der Waals surface area contributed by atoms with Gasteiger partial charge in [-0.25, -0.2) is 9.18 Å². The van der Waals surface area contributed by atoms with Crippen LogP contribution in [0.2, 0.25) is 0 Å². The summed E-state index contributed by atoms with van der Waals surface area (Å²) in [5.41, 5.74) is 0.893. The van der Waals surface area contributed by atoms with Crippen molar-refractivity contribution in [3.05, 3.63) is 48.2 Å². The maximum absolute atomic E-state index is 15.0. The highest BCUT2D eigenvalue weighted by molar-refractivity contribution is 5.92. The van der Waals surface area contributed by atoms with Crippen LogP contribution in [0.15, 0.2) is 41.0 Å². The normalized spacial score (nSPS) is 25.6. The molecule has 2 aliphatic heterocycles. The summed E-state index contributed by atoms with van der Waals surface area (Å²) in [5, 5.41) is 2.62. The van der Waals surface area contributed by atoms with Crippen molar-refractivity contribution in [3.8, 4) is 0 Å². The number of rotatable bonds is 6. The maximum atomic E-state index is 15.0. The molecule has 1 aromatic carbocycles. The molecule has 3 atom stereocenters. The number of furan rings is 1. The van der Waals surface area contributed by atoms with E-state index in [-0.39, 0.29) is 42.8 Å². The van der Waals surface area contributed by atoms with Crippen LogP contribution >= 0.6 is 0 Å². The Morgan fingerprint density at radius 1 is 1.21 bits per heavy atom. The molecule has 2 aromatic rings. The molecule has 3 heterocycles. The Balaban J connectivity index is 1.20. The van der Waals surface area contributed by atoms with Gasteiger partial charge in [-0.05, 0) is 30.3 Å². The molecule has 5 rings (SSSR count). The second kappa shape index (κ2) is 8.09. The van der Waals surface area contributed by atoms with Crippen molar-refractivity contribution in [2.24, 2.45) is 11.8 Å². The van der Waals surface area contributed by atoms with Crippen molar-refractivity contribution >= 4 is 29.3 Å². The first-order valence-corrected chi connectivity index (χ1v) is 10.9. The second-order valence-corrected chi connectivity index (χ2v) is 8.81. The predicted molar refractivity (Wildman–Crippen MR) is 116 cm³/mol. The molecule has 174 valence electrons. The molecule has 3 amide bonds. The summed E-state index contributed by atoms with van der Waals surface area (Å²) in [6.07, 6.45) is 0.438. The lowest BCUT2D eigenvalue weighted by molar-refractivity contribution is -0.119. The van der Waals surface area contributed by atoms with Gasteiger partial charge in [-0.15, -0.1) is 0 Å². The minimum Gasteiger partial charge on any atom is -0.459 e. The number of halogens is 1. The van der Waals surface area contributed by atoms with E-state index in [1.54, 1.807) is 36.2 Å². The first-order valence-electron chi connectivity index (χ1n) is 10.9. The van der Waals surface area contributed by atoms with E-state index >= 15 is 0 Å². The summed E-state index contributed by atoms with van der Waals surface area (Å²) < 4.78 is 25.4. The van der Waals surface area contributed by atoms with Crippen molar-refractivity contribution < 1.29 is 27.9 Å². The molecule has 3 aliphatic rings. The molecular formula is C23H25FN4O5. The van der Waals surface area contributed by atoms with Crippen LogP contribution in [0.1, 0.15) is 17.5 Å². The Kier molecular flexibility index (Phi) is 5.22. The zero-order chi connectivity index (χ0) is 23.3. The van der Waals surface area contributed by atoms with E-state index in [4.69, 9.17) is 9.15 Å². The summed E-state index contributed by atoms with van der Waals surface area (Å²) in [4.78, 5) is 40.8. The van der Waals surface area contributed by atoms with E-state index in [0.29, 0.717) is 30.2 Å². The fraction of sp³-hybridized carbons (Fsp3) is 0.435. The highest BCUT2D eigenvalue weighted by atomic mass is 19.1. The molecular weight excluding hydrogens is 431 g/mol. The van der Waals surface area contributed by atoms with Gasteiger partial charge in [0, 0.05) is 44.9 Å². The Bertz CT molecular complexity index is 1080. The molecule has 9 nitrogen and oxygen atoms in total. The number of anilines is 2. The minimum absolute atomic E-state index is 0.126. The smallest absolute Gasteiger partial charge is 0.414 e. The molecule has 3 unspecified atom stereocenters. The molecule has 1 N–H and O–H groups in total. The van der Waals surface area contributed by atoms with Crippen LogP contribution in [0.3, 0.4) is 0 Å². The molecule has 33 heavy (non-hydrogen) atoms. The van der Waals surface area contributed by atoms with Crippen LogP contribution in [0.4, 0.5) is 20.6 Å². The lowest BCUT2D eigenvalue weighted by Gasteiger charge is -2.26. The standard InChI is InChI=1S/C23H25FN4O5/c1-13(29)25-9-15-10-28(23(31)33-15)14-5-6-19(18(24)8-14)27-11-16-17(12-27)21(16)26(2)22(30)20-4-3-7-32-20/h3-8,15-17,21H,9-12H2,1-2H3,(H,25,29). The molecule has 2 saturated heterocycles. The lowest BCUT2D eigenvalue weighted by atomic mass is 10.2. The van der Waals surface area contributed by atoms with Gasteiger partial charge < -0.3 is 24.3 Å². The first-order chi connectivity index (χ1) is 15.8. The topological polar surface area (TPSA) is 95.3 Å². The number of ether oxygens (including phenoxy) is 1. The highest BCUT2D eigenvalue weighted by Gasteiger charge is 2.59. The molecule has 1 aliphatic carbocycles. The number of carbonyl (C=O) groups excluding carboxylic acids is 3. The maximum Gasteiger partial charge on any atom is 0.414 e. The van der Waals surface area contributed by atoms with Gasteiger partial charge in [-0.1, -0.05) is 0 Å². The average Bonchev–Trinajstić information content (AvgIpc) is 3.26. The van der Waals surface area contributed by atoms with E-state index < -0.39 is 18.0 Å². The van der Waals surface area contributed by atoms with E-state index in [9.17, 15) is 18.8 Å². The number of carbonyl (C=O) groups is 3. The average molecular weight is 456 g/mol. The Labute approximate surface area is 190 Å². The van der Waals surface area contributed by atoms with E-state index in [0.717, 1.165) is 0 Å². The SMILES string of the molecule is CC(=O)NCC1CN(c2ccc(N3CC4C(C3)C4N(C)C(=O)c3ccco3)c(F)c2)C(=O)O1. The third-order valence-electron chi connectivity index (χ3n) is 6.68. The number of benzene rings is 1. The minimum atomic E-state index is -0.563. The molecule has 0 radical (unpaired) electrons. The summed E-state index contributed by atoms with van der Waals surface area (Å²) in [5.74, 6) is 0.134. The van der Waals surface area contributed by atoms with Crippen molar-refractivity contribution in [2.75, 3.05) is 43.0 Å². The zero-order valence-electron chi connectivity index (χ0n) is 18.4. The largest absolute Gasteiger partial charge is 0.459 e. The van der Waals surface area contributed by atoms with Gasteiger partial charge in [0.2, 0.25) is 5.91 Å². The quantitative estimate of drug-likeness (QED) is 0.715. The number of fused-ring (bicyclic) bond motifs is 1. The zero-order valence-corrected chi connectivity index (χ0v) is 18.4. The lowest BCUT2D eigenvalue weighted by Crippen LogP contribution is -2.36. The molecule has 10 heteroatoms. The number of nitrogens with zero attached hydrogens (tertiary/aromatic N) is 3. The molecule has 0 spiro atoms. The monoisotopic (exact) mass is 456 g/mol. The van der Waals surface area contributed by atoms with Crippen molar-refractivity contribution in [3.63, 3.8) is 0 Å².